The van der Waals surface area contributed by atoms with Gasteiger partial charge in [0.05, 0.1) is 7.11 Å². The van der Waals surface area contributed by atoms with Crippen molar-refractivity contribution in [2.24, 2.45) is 5.73 Å². The first-order valence-corrected chi connectivity index (χ1v) is 5.44. The molecule has 2 heterocycles. The summed E-state index contributed by atoms with van der Waals surface area (Å²) < 4.78 is 5.00. The normalized spacial score (nSPS) is 10.3. The summed E-state index contributed by atoms with van der Waals surface area (Å²) in [4.78, 5) is 6.53. The van der Waals surface area contributed by atoms with Crippen LogP contribution in [0.1, 0.15) is 4.88 Å². The third-order valence-corrected chi connectivity index (χ3v) is 3.25. The highest BCUT2D eigenvalue weighted by Gasteiger charge is 2.02. The van der Waals surface area contributed by atoms with Gasteiger partial charge in [-0.15, -0.1) is 11.3 Å². The van der Waals surface area contributed by atoms with Crippen LogP contribution in [-0.2, 0) is 6.54 Å². The van der Waals surface area contributed by atoms with Crippen LogP contribution >= 0.6 is 11.3 Å². The third-order valence-electron chi connectivity index (χ3n) is 2.09. The van der Waals surface area contributed by atoms with Crippen LogP contribution in [0.25, 0.3) is 10.4 Å². The van der Waals surface area contributed by atoms with Crippen molar-refractivity contribution in [1.82, 2.24) is 4.98 Å². The van der Waals surface area contributed by atoms with Gasteiger partial charge in [-0.25, -0.2) is 4.98 Å². The number of hydrogen-bond acceptors (Lipinski definition) is 4. The summed E-state index contributed by atoms with van der Waals surface area (Å²) in [5, 5.41) is 0. The van der Waals surface area contributed by atoms with Gasteiger partial charge in [-0.1, -0.05) is 0 Å². The SMILES string of the molecule is COc1ccc(-c2ccc(CN)s2)cn1. The molecule has 0 radical (unpaired) electrons. The van der Waals surface area contributed by atoms with Crippen LogP contribution in [0.2, 0.25) is 0 Å². The first-order chi connectivity index (χ1) is 7.33. The average Bonchev–Trinajstić information content (AvgIpc) is 2.78. The van der Waals surface area contributed by atoms with E-state index in [2.05, 4.69) is 11.1 Å². The number of methoxy groups -OCH3 is 1. The topological polar surface area (TPSA) is 48.1 Å². The zero-order chi connectivity index (χ0) is 10.7. The molecule has 78 valence electrons. The van der Waals surface area contributed by atoms with Crippen molar-refractivity contribution in [3.63, 3.8) is 0 Å². The lowest BCUT2D eigenvalue weighted by atomic mass is 10.2. The summed E-state index contributed by atoms with van der Waals surface area (Å²) in [7, 11) is 1.61. The molecule has 3 nitrogen and oxygen atoms in total. The van der Waals surface area contributed by atoms with Crippen molar-refractivity contribution in [3.05, 3.63) is 35.3 Å². The summed E-state index contributed by atoms with van der Waals surface area (Å²) in [5.41, 5.74) is 6.66. The van der Waals surface area contributed by atoms with Gasteiger partial charge in [0.2, 0.25) is 5.88 Å². The van der Waals surface area contributed by atoms with Crippen molar-refractivity contribution in [2.45, 2.75) is 6.54 Å². The second-order valence-electron chi connectivity index (χ2n) is 3.06. The van der Waals surface area contributed by atoms with Crippen molar-refractivity contribution >= 4 is 11.3 Å². The summed E-state index contributed by atoms with van der Waals surface area (Å²) in [5.74, 6) is 0.634. The number of aromatic nitrogens is 1. The maximum absolute atomic E-state index is 5.56. The van der Waals surface area contributed by atoms with E-state index in [9.17, 15) is 0 Å². The molecule has 0 saturated carbocycles. The molecule has 0 amide bonds. The van der Waals surface area contributed by atoms with E-state index in [4.69, 9.17) is 10.5 Å². The van der Waals surface area contributed by atoms with Crippen molar-refractivity contribution in [2.75, 3.05) is 7.11 Å². The first kappa shape index (κ1) is 10.1. The molecule has 15 heavy (non-hydrogen) atoms. The molecule has 0 bridgehead atoms. The molecule has 0 atom stereocenters. The molecule has 0 spiro atoms. The van der Waals surface area contributed by atoms with Crippen LogP contribution in [0.3, 0.4) is 0 Å². The van der Waals surface area contributed by atoms with E-state index >= 15 is 0 Å². The number of nitrogens with two attached hydrogens (primary N) is 1. The molecule has 0 fully saturated rings. The number of thiophene rings is 1. The molecule has 0 aromatic carbocycles. The standard InChI is InChI=1S/C11H12N2OS/c1-14-11-5-2-8(7-13-11)10-4-3-9(6-12)15-10/h2-5,7H,6,12H2,1H3. The average molecular weight is 220 g/mol. The van der Waals surface area contributed by atoms with Crippen LogP contribution in [0.4, 0.5) is 0 Å². The quantitative estimate of drug-likeness (QED) is 0.863. The van der Waals surface area contributed by atoms with Crippen LogP contribution in [0, 0.1) is 0 Å². The minimum absolute atomic E-state index is 0.592. The fraction of sp³-hybridized carbons (Fsp3) is 0.182. The Morgan fingerprint density at radius 1 is 1.33 bits per heavy atom. The maximum atomic E-state index is 5.56. The van der Waals surface area contributed by atoms with E-state index < -0.39 is 0 Å². The van der Waals surface area contributed by atoms with Crippen LogP contribution < -0.4 is 10.5 Å². The molecule has 4 heteroatoms. The van der Waals surface area contributed by atoms with Gasteiger partial charge in [0.1, 0.15) is 0 Å². The van der Waals surface area contributed by atoms with Gasteiger partial charge in [-0.2, -0.15) is 0 Å². The van der Waals surface area contributed by atoms with Crippen LogP contribution in [0.5, 0.6) is 5.88 Å². The Hall–Kier alpha value is -1.39. The highest BCUT2D eigenvalue weighted by Crippen LogP contribution is 2.27. The van der Waals surface area contributed by atoms with Gasteiger partial charge >= 0.3 is 0 Å². The Morgan fingerprint density at radius 3 is 2.73 bits per heavy atom. The zero-order valence-electron chi connectivity index (χ0n) is 8.43. The predicted molar refractivity (Wildman–Crippen MR) is 62.0 cm³/mol. The Morgan fingerprint density at radius 2 is 2.20 bits per heavy atom. The summed E-state index contributed by atoms with van der Waals surface area (Å²) in [6.45, 7) is 0.592. The molecule has 0 aliphatic heterocycles. The number of hydrogen-bond donors (Lipinski definition) is 1. The van der Waals surface area contributed by atoms with Crippen molar-refractivity contribution in [3.8, 4) is 16.3 Å². The van der Waals surface area contributed by atoms with Crippen molar-refractivity contribution < 1.29 is 4.74 Å². The molecule has 0 aliphatic carbocycles. The largest absolute Gasteiger partial charge is 0.481 e. The fourth-order valence-corrected chi connectivity index (χ4v) is 2.17. The molecular weight excluding hydrogens is 208 g/mol. The van der Waals surface area contributed by atoms with E-state index in [-0.39, 0.29) is 0 Å². The van der Waals surface area contributed by atoms with Gasteiger partial charge in [-0.05, 0) is 18.2 Å². The van der Waals surface area contributed by atoms with E-state index in [0.29, 0.717) is 12.4 Å². The second kappa shape index (κ2) is 4.42. The predicted octanol–water partition coefficient (Wildman–Crippen LogP) is 2.28. The van der Waals surface area contributed by atoms with Gasteiger partial charge in [-0.3, -0.25) is 0 Å². The van der Waals surface area contributed by atoms with Gasteiger partial charge in [0.15, 0.2) is 0 Å². The summed E-state index contributed by atoms with van der Waals surface area (Å²) in [6, 6.07) is 7.97. The molecule has 2 aromatic rings. The third kappa shape index (κ3) is 2.16. The molecule has 2 N–H and O–H groups in total. The molecular formula is C11H12N2OS. The molecule has 0 unspecified atom stereocenters. The van der Waals surface area contributed by atoms with Crippen LogP contribution in [-0.4, -0.2) is 12.1 Å². The number of pyridine rings is 1. The molecule has 0 saturated heterocycles. The summed E-state index contributed by atoms with van der Waals surface area (Å²) in [6.07, 6.45) is 1.81. The van der Waals surface area contributed by atoms with E-state index in [0.717, 1.165) is 5.56 Å². The molecule has 2 rings (SSSR count). The molecule has 0 aliphatic rings. The minimum atomic E-state index is 0.592. The number of ether oxygens (including phenoxy) is 1. The first-order valence-electron chi connectivity index (χ1n) is 4.62. The van der Waals surface area contributed by atoms with Gasteiger partial charge in [0.25, 0.3) is 0 Å². The highest BCUT2D eigenvalue weighted by atomic mass is 32.1. The lowest BCUT2D eigenvalue weighted by molar-refractivity contribution is 0.398. The monoisotopic (exact) mass is 220 g/mol. The van der Waals surface area contributed by atoms with Crippen LogP contribution in [0.15, 0.2) is 30.5 Å². The smallest absolute Gasteiger partial charge is 0.212 e. The van der Waals surface area contributed by atoms with Gasteiger partial charge < -0.3 is 10.5 Å². The Balaban J connectivity index is 2.28. The second-order valence-corrected chi connectivity index (χ2v) is 4.23. The zero-order valence-corrected chi connectivity index (χ0v) is 9.25. The molecule has 2 aromatic heterocycles. The number of rotatable bonds is 3. The Bertz CT molecular complexity index is 436. The number of nitrogens with zero attached hydrogens (tertiary/aromatic N) is 1. The highest BCUT2D eigenvalue weighted by molar-refractivity contribution is 7.15. The Labute approximate surface area is 92.5 Å². The lowest BCUT2D eigenvalue weighted by Gasteiger charge is -1.99. The fourth-order valence-electron chi connectivity index (χ4n) is 1.29. The van der Waals surface area contributed by atoms with E-state index in [1.54, 1.807) is 18.4 Å². The maximum Gasteiger partial charge on any atom is 0.212 e. The van der Waals surface area contributed by atoms with Gasteiger partial charge in [0, 0.05) is 34.1 Å². The van der Waals surface area contributed by atoms with E-state index in [1.165, 1.54) is 9.75 Å². The van der Waals surface area contributed by atoms with E-state index in [1.807, 2.05) is 24.4 Å². The van der Waals surface area contributed by atoms with Crippen molar-refractivity contribution in [1.29, 1.82) is 0 Å². The lowest BCUT2D eigenvalue weighted by Crippen LogP contribution is -1.91. The summed E-state index contributed by atoms with van der Waals surface area (Å²) >= 11 is 1.69. The minimum Gasteiger partial charge on any atom is -0.481 e. The Kier molecular flexibility index (Phi) is 2.99.